The summed E-state index contributed by atoms with van der Waals surface area (Å²) in [6.07, 6.45) is 0. The number of carbonyl (C=O) groups is 2. The van der Waals surface area contributed by atoms with Crippen molar-refractivity contribution in [1.29, 1.82) is 0 Å². The second-order valence-corrected chi connectivity index (χ2v) is 7.61. The number of hydrogen-bond donors (Lipinski definition) is 0. The first-order valence-electron chi connectivity index (χ1n) is 9.28. The minimum Gasteiger partial charge on any atom is -0.497 e. The predicted molar refractivity (Wildman–Crippen MR) is 117 cm³/mol. The van der Waals surface area contributed by atoms with Gasteiger partial charge in [0.25, 0.3) is 11.8 Å². The van der Waals surface area contributed by atoms with Crippen molar-refractivity contribution in [2.45, 2.75) is 5.75 Å². The molecule has 2 amide bonds. The molecule has 0 aliphatic carbocycles. The van der Waals surface area contributed by atoms with Crippen LogP contribution in [0.5, 0.6) is 5.75 Å². The number of amides is 2. The number of methoxy groups -OCH3 is 1. The summed E-state index contributed by atoms with van der Waals surface area (Å²) in [5, 5.41) is 0. The van der Waals surface area contributed by atoms with E-state index in [4.69, 9.17) is 4.74 Å². The summed E-state index contributed by atoms with van der Waals surface area (Å²) in [6, 6.07) is 22.1. The molecule has 0 saturated carbocycles. The second-order valence-electron chi connectivity index (χ2n) is 6.63. The summed E-state index contributed by atoms with van der Waals surface area (Å²) >= 11 is 1.33. The molecule has 0 saturated heterocycles. The summed E-state index contributed by atoms with van der Waals surface area (Å²) < 4.78 is 18.5. The van der Waals surface area contributed by atoms with Gasteiger partial charge in [0, 0.05) is 5.75 Å². The molecule has 30 heavy (non-hydrogen) atoms. The summed E-state index contributed by atoms with van der Waals surface area (Å²) in [6.45, 7) is 0. The zero-order valence-electron chi connectivity index (χ0n) is 16.2. The fraction of sp³-hybridized carbons (Fsp3) is 0.0833. The quantitative estimate of drug-likeness (QED) is 0.525. The molecule has 3 aromatic carbocycles. The van der Waals surface area contributed by atoms with Crippen LogP contribution in [0.15, 0.2) is 83.8 Å². The first-order chi connectivity index (χ1) is 14.6. The number of thioether (sulfide) groups is 1. The minimum absolute atomic E-state index is 0.340. The van der Waals surface area contributed by atoms with Crippen LogP contribution < -0.4 is 9.64 Å². The van der Waals surface area contributed by atoms with Crippen LogP contribution in [0.4, 0.5) is 10.1 Å². The summed E-state index contributed by atoms with van der Waals surface area (Å²) in [4.78, 5) is 28.0. The number of ether oxygens (including phenoxy) is 1. The highest BCUT2D eigenvalue weighted by Crippen LogP contribution is 2.39. The number of imide groups is 1. The maximum Gasteiger partial charge on any atom is 0.272 e. The molecule has 1 aliphatic heterocycles. The van der Waals surface area contributed by atoms with Crippen LogP contribution in [-0.2, 0) is 15.3 Å². The minimum atomic E-state index is -0.431. The van der Waals surface area contributed by atoms with Crippen molar-refractivity contribution in [3.63, 3.8) is 0 Å². The molecule has 150 valence electrons. The van der Waals surface area contributed by atoms with Gasteiger partial charge in [0.05, 0.1) is 23.3 Å². The first kappa shape index (κ1) is 19.9. The van der Waals surface area contributed by atoms with Crippen molar-refractivity contribution in [2.75, 3.05) is 12.0 Å². The zero-order chi connectivity index (χ0) is 21.1. The van der Waals surface area contributed by atoms with Gasteiger partial charge in [-0.25, -0.2) is 9.29 Å². The molecule has 0 bridgehead atoms. The lowest BCUT2D eigenvalue weighted by atomic mass is 10.1. The number of carbonyl (C=O) groups excluding carboxylic acids is 2. The first-order valence-corrected chi connectivity index (χ1v) is 10.3. The molecule has 1 heterocycles. The number of benzene rings is 3. The molecule has 0 radical (unpaired) electrons. The van der Waals surface area contributed by atoms with Gasteiger partial charge in [0.1, 0.15) is 11.6 Å². The second kappa shape index (κ2) is 8.55. The highest BCUT2D eigenvalue weighted by molar-refractivity contribution is 8.03. The van der Waals surface area contributed by atoms with Crippen molar-refractivity contribution >= 4 is 34.8 Å². The van der Waals surface area contributed by atoms with Gasteiger partial charge in [-0.15, -0.1) is 11.8 Å². The Kier molecular flexibility index (Phi) is 5.68. The van der Waals surface area contributed by atoms with Crippen LogP contribution >= 0.6 is 11.8 Å². The van der Waals surface area contributed by atoms with Gasteiger partial charge < -0.3 is 4.74 Å². The van der Waals surface area contributed by atoms with Crippen LogP contribution in [0.1, 0.15) is 11.1 Å². The van der Waals surface area contributed by atoms with E-state index in [9.17, 15) is 14.0 Å². The Labute approximate surface area is 178 Å². The highest BCUT2D eigenvalue weighted by atomic mass is 32.2. The average Bonchev–Trinajstić information content (AvgIpc) is 3.03. The Balaban J connectivity index is 1.73. The molecular weight excluding hydrogens is 401 g/mol. The van der Waals surface area contributed by atoms with Crippen LogP contribution in [0, 0.1) is 5.82 Å². The van der Waals surface area contributed by atoms with Crippen molar-refractivity contribution < 1.29 is 18.7 Å². The number of rotatable bonds is 6. The molecule has 0 aromatic heterocycles. The summed E-state index contributed by atoms with van der Waals surface area (Å²) in [5.41, 5.74) is 2.36. The van der Waals surface area contributed by atoms with Crippen molar-refractivity contribution in [3.05, 3.63) is 101 Å². The maximum absolute atomic E-state index is 13.4. The van der Waals surface area contributed by atoms with Gasteiger partial charge in [-0.05, 0) is 47.5 Å². The maximum atomic E-state index is 13.4. The Morgan fingerprint density at radius 1 is 0.867 bits per heavy atom. The predicted octanol–water partition coefficient (Wildman–Crippen LogP) is 5.05. The Morgan fingerprint density at radius 2 is 1.53 bits per heavy atom. The molecule has 0 unspecified atom stereocenters. The summed E-state index contributed by atoms with van der Waals surface area (Å²) in [7, 11) is 1.57. The Hall–Kier alpha value is -3.38. The van der Waals surface area contributed by atoms with E-state index in [1.807, 2.05) is 30.3 Å². The molecule has 0 fully saturated rings. The molecule has 6 heteroatoms. The lowest BCUT2D eigenvalue weighted by Gasteiger charge is -2.15. The highest BCUT2D eigenvalue weighted by Gasteiger charge is 2.40. The number of halogens is 1. The van der Waals surface area contributed by atoms with Crippen LogP contribution in [0.25, 0.3) is 5.57 Å². The van der Waals surface area contributed by atoms with E-state index in [-0.39, 0.29) is 0 Å². The van der Waals surface area contributed by atoms with Gasteiger partial charge in [0.15, 0.2) is 0 Å². The molecule has 0 N–H and O–H groups in total. The summed E-state index contributed by atoms with van der Waals surface area (Å²) in [5.74, 6) is -0.0536. The zero-order valence-corrected chi connectivity index (χ0v) is 17.0. The van der Waals surface area contributed by atoms with Gasteiger partial charge in [-0.2, -0.15) is 0 Å². The lowest BCUT2D eigenvalue weighted by molar-refractivity contribution is -0.119. The molecule has 4 rings (SSSR count). The van der Waals surface area contributed by atoms with Crippen LogP contribution in [0.2, 0.25) is 0 Å². The van der Waals surface area contributed by atoms with Crippen LogP contribution in [0.3, 0.4) is 0 Å². The van der Waals surface area contributed by atoms with E-state index in [2.05, 4.69) is 0 Å². The smallest absolute Gasteiger partial charge is 0.272 e. The number of nitrogens with zero attached hydrogens (tertiary/aromatic N) is 1. The van der Waals surface area contributed by atoms with Crippen LogP contribution in [-0.4, -0.2) is 18.9 Å². The molecular formula is C24H18FNO3S. The normalized spacial score (nSPS) is 13.9. The number of anilines is 1. The SMILES string of the molecule is COc1ccc(C2=C(SCc3ccccc3)C(=O)N(c3ccc(F)cc3)C2=O)cc1. The van der Waals surface area contributed by atoms with E-state index >= 15 is 0 Å². The molecule has 3 aromatic rings. The van der Waals surface area contributed by atoms with Gasteiger partial charge >= 0.3 is 0 Å². The standard InChI is InChI=1S/C24H18FNO3S/c1-29-20-13-7-17(8-14-20)21-22(30-15-16-5-3-2-4-6-16)24(28)26(23(21)27)19-11-9-18(25)10-12-19/h2-14H,15H2,1H3. The van der Waals surface area contributed by atoms with Crippen molar-refractivity contribution in [2.24, 2.45) is 0 Å². The van der Waals surface area contributed by atoms with Crippen molar-refractivity contribution in [1.82, 2.24) is 0 Å². The monoisotopic (exact) mass is 419 g/mol. The number of hydrogen-bond acceptors (Lipinski definition) is 4. The fourth-order valence-corrected chi connectivity index (χ4v) is 4.28. The Bertz CT molecular complexity index is 1110. The largest absolute Gasteiger partial charge is 0.497 e. The van der Waals surface area contributed by atoms with Gasteiger partial charge in [-0.3, -0.25) is 9.59 Å². The Morgan fingerprint density at radius 3 is 2.17 bits per heavy atom. The van der Waals surface area contributed by atoms with Crippen molar-refractivity contribution in [3.8, 4) is 5.75 Å². The molecule has 4 nitrogen and oxygen atoms in total. The van der Waals surface area contributed by atoms with E-state index in [1.165, 1.54) is 36.0 Å². The third-order valence-electron chi connectivity index (χ3n) is 4.73. The fourth-order valence-electron chi connectivity index (χ4n) is 3.21. The molecule has 0 atom stereocenters. The van der Waals surface area contributed by atoms with E-state index in [0.717, 1.165) is 10.5 Å². The van der Waals surface area contributed by atoms with E-state index < -0.39 is 17.6 Å². The third kappa shape index (κ3) is 3.86. The van der Waals surface area contributed by atoms with E-state index in [0.29, 0.717) is 33.2 Å². The van der Waals surface area contributed by atoms with Gasteiger partial charge in [-0.1, -0.05) is 42.5 Å². The third-order valence-corrected chi connectivity index (χ3v) is 5.88. The molecule has 1 aliphatic rings. The lowest BCUT2D eigenvalue weighted by Crippen LogP contribution is -2.31. The topological polar surface area (TPSA) is 46.6 Å². The molecule has 0 spiro atoms. The average molecular weight is 419 g/mol. The van der Waals surface area contributed by atoms with E-state index in [1.54, 1.807) is 31.4 Å². The van der Waals surface area contributed by atoms with Gasteiger partial charge in [0.2, 0.25) is 0 Å².